The van der Waals surface area contributed by atoms with Crippen molar-refractivity contribution < 1.29 is 43.2 Å². The van der Waals surface area contributed by atoms with Crippen LogP contribution < -0.4 is 0 Å². The van der Waals surface area contributed by atoms with Gasteiger partial charge in [-0.25, -0.2) is 9.78 Å². The number of hydrogen-bond acceptors (Lipinski definition) is 4. The van der Waals surface area contributed by atoms with Gasteiger partial charge in [-0.3, -0.25) is 4.98 Å². The molecule has 0 bridgehead atoms. The van der Waals surface area contributed by atoms with Crippen molar-refractivity contribution in [2.75, 3.05) is 0 Å². The standard InChI is InChI=1S/C15H7F3N3.C11H12N2O2.Ir/c16-15(17,18)12-6-5-10-13(20-12)9-3-1-2-4-11(9)21-8-7-19-14(10)21;1-6-7(2)13(3)8-4-5-12-10(9(6)8)11(14)15;/h1-4,6-8H;4-5H,1-3H3,(H,14,15);/q-1;;. The predicted octanol–water partition coefficient (Wildman–Crippen LogP) is 5.74. The SMILES string of the molecule is Cc1c(C)n(C)c2ccnc(C(=O)O)c12.FC(F)(F)c1c[c-]c2c(n1)c1ccccc1n1ccnc21.[Ir]. The predicted molar refractivity (Wildman–Crippen MR) is 129 cm³/mol. The normalized spacial score (nSPS) is 11.5. The Labute approximate surface area is 221 Å². The van der Waals surface area contributed by atoms with E-state index in [1.165, 1.54) is 6.20 Å². The number of nitrogens with zero attached hydrogens (tertiary/aromatic N) is 5. The number of carboxylic acid groups (broad SMARTS) is 1. The third kappa shape index (κ3) is 4.34. The summed E-state index contributed by atoms with van der Waals surface area (Å²) in [6.45, 7) is 3.90. The molecule has 11 heteroatoms. The van der Waals surface area contributed by atoms with Crippen LogP contribution in [0.25, 0.3) is 38.4 Å². The van der Waals surface area contributed by atoms with Crippen molar-refractivity contribution in [3.05, 3.63) is 83.7 Å². The van der Waals surface area contributed by atoms with E-state index in [2.05, 4.69) is 21.0 Å². The van der Waals surface area contributed by atoms with Crippen molar-refractivity contribution in [3.8, 4) is 0 Å². The topological polar surface area (TPSA) is 85.3 Å². The number of halogens is 3. The molecule has 1 N–H and O–H groups in total. The van der Waals surface area contributed by atoms with Crippen LogP contribution in [-0.4, -0.2) is 35.0 Å². The quantitative estimate of drug-likeness (QED) is 0.177. The molecule has 37 heavy (non-hydrogen) atoms. The molecular weight excluding hydrogens is 664 g/mol. The first kappa shape index (κ1) is 26.2. The number of alkyl halides is 3. The summed E-state index contributed by atoms with van der Waals surface area (Å²) in [6.07, 6.45) is 0.410. The van der Waals surface area contributed by atoms with Gasteiger partial charge in [0.15, 0.2) is 5.69 Å². The number of rotatable bonds is 1. The number of benzene rings is 1. The Hall–Kier alpha value is -3.82. The van der Waals surface area contributed by atoms with Crippen LogP contribution in [0.5, 0.6) is 0 Å². The Morgan fingerprint density at radius 3 is 2.49 bits per heavy atom. The minimum atomic E-state index is -4.49. The zero-order chi connectivity index (χ0) is 25.8. The summed E-state index contributed by atoms with van der Waals surface area (Å²) in [5, 5.41) is 10.9. The second kappa shape index (κ2) is 9.57. The molecule has 191 valence electrons. The van der Waals surface area contributed by atoms with Gasteiger partial charge in [-0.15, -0.1) is 12.1 Å². The molecule has 1 radical (unpaired) electrons. The molecule has 0 aliphatic heterocycles. The average molecular weight is 683 g/mol. The number of carbonyl (C=O) groups is 1. The van der Waals surface area contributed by atoms with Gasteiger partial charge < -0.3 is 19.1 Å². The van der Waals surface area contributed by atoms with Crippen LogP contribution >= 0.6 is 0 Å². The molecule has 0 spiro atoms. The Kier molecular flexibility index (Phi) is 6.79. The summed E-state index contributed by atoms with van der Waals surface area (Å²) in [7, 11) is 1.93. The molecule has 0 fully saturated rings. The summed E-state index contributed by atoms with van der Waals surface area (Å²) in [5.41, 5.74) is 3.72. The maximum atomic E-state index is 12.9. The number of pyridine rings is 3. The fourth-order valence-corrected chi connectivity index (χ4v) is 4.37. The fraction of sp³-hybridized carbons (Fsp3) is 0.154. The van der Waals surface area contributed by atoms with Crippen molar-refractivity contribution in [1.82, 2.24) is 23.9 Å². The van der Waals surface area contributed by atoms with Crippen LogP contribution in [0.4, 0.5) is 13.2 Å². The first-order valence-electron chi connectivity index (χ1n) is 10.9. The van der Waals surface area contributed by atoms with E-state index < -0.39 is 17.8 Å². The van der Waals surface area contributed by atoms with E-state index in [1.807, 2.05) is 48.1 Å². The van der Waals surface area contributed by atoms with Crippen LogP contribution in [0.15, 0.2) is 55.0 Å². The summed E-state index contributed by atoms with van der Waals surface area (Å²) < 4.78 is 42.4. The van der Waals surface area contributed by atoms with E-state index in [0.717, 1.165) is 33.7 Å². The molecule has 6 aromatic rings. The van der Waals surface area contributed by atoms with E-state index >= 15 is 0 Å². The minimum absolute atomic E-state index is 0. The third-order valence-electron chi connectivity index (χ3n) is 6.31. The van der Waals surface area contributed by atoms with Gasteiger partial charge in [0.2, 0.25) is 0 Å². The maximum Gasteiger partial charge on any atom is 0.397 e. The monoisotopic (exact) mass is 683 g/mol. The second-order valence-corrected chi connectivity index (χ2v) is 8.27. The van der Waals surface area contributed by atoms with Crippen molar-refractivity contribution >= 4 is 44.3 Å². The number of aryl methyl sites for hydroxylation is 2. The molecule has 0 amide bonds. The Morgan fingerprint density at radius 1 is 1.05 bits per heavy atom. The number of aromatic nitrogens is 5. The van der Waals surface area contributed by atoms with Crippen LogP contribution in [0, 0.1) is 19.9 Å². The number of hydrogen-bond donors (Lipinski definition) is 1. The van der Waals surface area contributed by atoms with E-state index in [9.17, 15) is 18.0 Å². The van der Waals surface area contributed by atoms with Gasteiger partial charge in [0.1, 0.15) is 0 Å². The van der Waals surface area contributed by atoms with Crippen LogP contribution in [0.1, 0.15) is 27.4 Å². The van der Waals surface area contributed by atoms with Gasteiger partial charge in [0.05, 0.1) is 16.9 Å². The van der Waals surface area contributed by atoms with Gasteiger partial charge in [-0.2, -0.15) is 13.2 Å². The van der Waals surface area contributed by atoms with E-state index in [4.69, 9.17) is 5.11 Å². The zero-order valence-corrected chi connectivity index (χ0v) is 22.2. The molecule has 7 nitrogen and oxygen atoms in total. The molecule has 1 aromatic carbocycles. The van der Waals surface area contributed by atoms with E-state index in [0.29, 0.717) is 16.4 Å². The van der Waals surface area contributed by atoms with Crippen molar-refractivity contribution in [2.24, 2.45) is 7.05 Å². The van der Waals surface area contributed by atoms with Gasteiger partial charge in [-0.05, 0) is 42.4 Å². The molecule has 6 rings (SSSR count). The molecule has 5 heterocycles. The van der Waals surface area contributed by atoms with Gasteiger partial charge in [0, 0.05) is 62.3 Å². The first-order valence-corrected chi connectivity index (χ1v) is 10.9. The van der Waals surface area contributed by atoms with Crippen LogP contribution in [-0.2, 0) is 33.3 Å². The van der Waals surface area contributed by atoms with Crippen LogP contribution in [0.3, 0.4) is 0 Å². The number of aromatic carboxylic acids is 1. The average Bonchev–Trinajstić information content (AvgIpc) is 3.44. The number of fused-ring (bicyclic) bond motifs is 7. The Bertz CT molecular complexity index is 1810. The van der Waals surface area contributed by atoms with Gasteiger partial charge >= 0.3 is 12.1 Å². The van der Waals surface area contributed by atoms with Gasteiger partial charge in [0.25, 0.3) is 0 Å². The third-order valence-corrected chi connectivity index (χ3v) is 6.31. The van der Waals surface area contributed by atoms with Crippen molar-refractivity contribution in [3.63, 3.8) is 0 Å². The molecule has 0 saturated heterocycles. The summed E-state index contributed by atoms with van der Waals surface area (Å²) >= 11 is 0. The maximum absolute atomic E-state index is 12.9. The van der Waals surface area contributed by atoms with Crippen LogP contribution in [0.2, 0.25) is 0 Å². The molecule has 0 atom stereocenters. The summed E-state index contributed by atoms with van der Waals surface area (Å²) in [5.74, 6) is -0.977. The Balaban J connectivity index is 0.000000178. The zero-order valence-electron chi connectivity index (χ0n) is 19.8. The smallest absolute Gasteiger partial charge is 0.397 e. The Morgan fingerprint density at radius 2 is 1.78 bits per heavy atom. The minimum Gasteiger partial charge on any atom is -0.476 e. The largest absolute Gasteiger partial charge is 0.476 e. The second-order valence-electron chi connectivity index (χ2n) is 8.27. The molecule has 0 aliphatic carbocycles. The molecular formula is C26H19F3IrN5O2-. The molecule has 0 aliphatic rings. The number of carboxylic acids is 1. The first-order chi connectivity index (χ1) is 17.1. The molecule has 0 unspecified atom stereocenters. The number of imidazole rings is 1. The van der Waals surface area contributed by atoms with Gasteiger partial charge in [-0.1, -0.05) is 23.6 Å². The fourth-order valence-electron chi connectivity index (χ4n) is 4.37. The number of para-hydroxylation sites is 1. The summed E-state index contributed by atoms with van der Waals surface area (Å²) in [4.78, 5) is 22.9. The summed E-state index contributed by atoms with van der Waals surface area (Å²) in [6, 6.07) is 12.6. The van der Waals surface area contributed by atoms with Crippen molar-refractivity contribution in [2.45, 2.75) is 20.0 Å². The van der Waals surface area contributed by atoms with E-state index in [1.54, 1.807) is 24.5 Å². The molecule has 0 saturated carbocycles. The van der Waals surface area contributed by atoms with E-state index in [-0.39, 0.29) is 31.3 Å². The molecule has 5 aromatic heterocycles. The van der Waals surface area contributed by atoms with Crippen molar-refractivity contribution in [1.29, 1.82) is 0 Å².